The molecule has 25 heavy (non-hydrogen) atoms. The summed E-state index contributed by atoms with van der Waals surface area (Å²) in [6.07, 6.45) is -9.94. The zero-order chi connectivity index (χ0) is 19.0. The van der Waals surface area contributed by atoms with Crippen LogP contribution in [0.5, 0.6) is 0 Å². The molecule has 4 nitrogen and oxygen atoms in total. The molecule has 0 spiro atoms. The normalized spacial score (nSPS) is 18.4. The first-order valence-electron chi connectivity index (χ1n) is 6.96. The number of likely N-dealkylation sites (tertiary alicyclic amines) is 1. The van der Waals surface area contributed by atoms with Crippen LogP contribution in [0.2, 0.25) is 5.02 Å². The van der Waals surface area contributed by atoms with Crippen molar-refractivity contribution < 1.29 is 35.9 Å². The Bertz CT molecular complexity index is 689. The highest BCUT2D eigenvalue weighted by Gasteiger charge is 2.48. The Morgan fingerprint density at radius 1 is 1.16 bits per heavy atom. The first-order valence-corrected chi connectivity index (χ1v) is 7.34. The van der Waals surface area contributed by atoms with Crippen molar-refractivity contribution in [1.29, 1.82) is 0 Å². The molecule has 11 heteroatoms. The number of alkyl halides is 6. The second-order valence-corrected chi connectivity index (χ2v) is 5.77. The third-order valence-corrected chi connectivity index (χ3v) is 3.84. The first kappa shape index (κ1) is 19.4. The Hall–Kier alpha value is -1.97. The molecule has 0 aromatic heterocycles. The molecule has 0 radical (unpaired) electrons. The average molecular weight is 389 g/mol. The topological polar surface area (TPSA) is 49.4 Å². The maximum atomic E-state index is 13.0. The van der Waals surface area contributed by atoms with E-state index in [4.69, 9.17) is 11.6 Å². The molecule has 2 amide bonds. The molecule has 1 N–H and O–H groups in total. The second-order valence-electron chi connectivity index (χ2n) is 5.33. The van der Waals surface area contributed by atoms with Gasteiger partial charge in [0.1, 0.15) is 6.04 Å². The Balaban J connectivity index is 2.24. The van der Waals surface area contributed by atoms with Crippen molar-refractivity contribution in [1.82, 2.24) is 4.90 Å². The van der Waals surface area contributed by atoms with Crippen LogP contribution in [0.15, 0.2) is 18.2 Å². The fraction of sp³-hybridized carbons (Fsp3) is 0.429. The Labute approximate surface area is 142 Å². The molecule has 1 aliphatic heterocycles. The molecule has 1 atom stereocenters. The fourth-order valence-electron chi connectivity index (χ4n) is 2.52. The number of benzene rings is 1. The largest absolute Gasteiger partial charge is 0.471 e. The van der Waals surface area contributed by atoms with Crippen molar-refractivity contribution in [3.8, 4) is 0 Å². The molecule has 1 aliphatic rings. The summed E-state index contributed by atoms with van der Waals surface area (Å²) in [4.78, 5) is 23.8. The summed E-state index contributed by atoms with van der Waals surface area (Å²) in [7, 11) is 0. The molecule has 1 heterocycles. The number of carbonyl (C=O) groups is 2. The molecule has 1 unspecified atom stereocenters. The van der Waals surface area contributed by atoms with E-state index in [2.05, 4.69) is 0 Å². The average Bonchev–Trinajstić information content (AvgIpc) is 2.95. The van der Waals surface area contributed by atoms with Crippen molar-refractivity contribution in [3.05, 3.63) is 28.8 Å². The number of hydrogen-bond donors (Lipinski definition) is 1. The van der Waals surface area contributed by atoms with Gasteiger partial charge in [0.25, 0.3) is 0 Å². The van der Waals surface area contributed by atoms with Gasteiger partial charge in [-0.3, -0.25) is 9.59 Å². The summed E-state index contributed by atoms with van der Waals surface area (Å²) in [5.74, 6) is -3.32. The van der Waals surface area contributed by atoms with Gasteiger partial charge in [0.15, 0.2) is 0 Å². The molecule has 0 bridgehead atoms. The van der Waals surface area contributed by atoms with E-state index >= 15 is 0 Å². The summed E-state index contributed by atoms with van der Waals surface area (Å²) < 4.78 is 76.6. The van der Waals surface area contributed by atoms with Gasteiger partial charge in [-0.15, -0.1) is 0 Å². The quantitative estimate of drug-likeness (QED) is 0.782. The van der Waals surface area contributed by atoms with Crippen molar-refractivity contribution in [2.75, 3.05) is 11.9 Å². The molecule has 1 aromatic carbocycles. The van der Waals surface area contributed by atoms with E-state index in [0.29, 0.717) is 11.0 Å². The predicted molar refractivity (Wildman–Crippen MR) is 75.9 cm³/mol. The minimum absolute atomic E-state index is 0.0808. The molecule has 1 aromatic rings. The lowest BCUT2D eigenvalue weighted by atomic mass is 10.1. The van der Waals surface area contributed by atoms with Gasteiger partial charge < -0.3 is 10.2 Å². The van der Waals surface area contributed by atoms with Gasteiger partial charge in [0.2, 0.25) is 5.91 Å². The number of amides is 2. The molecular weight excluding hydrogens is 378 g/mol. The van der Waals surface area contributed by atoms with Crippen LogP contribution in [0, 0.1) is 0 Å². The number of hydrogen-bond acceptors (Lipinski definition) is 2. The zero-order valence-corrected chi connectivity index (χ0v) is 13.1. The first-order chi connectivity index (χ1) is 11.4. The van der Waals surface area contributed by atoms with E-state index in [9.17, 15) is 35.9 Å². The SMILES string of the molecule is O=C(Nc1ccc(Cl)cc1C(F)(F)F)C1CCCN1C(=O)C(F)(F)F. The fourth-order valence-corrected chi connectivity index (χ4v) is 2.69. The molecule has 0 aliphatic carbocycles. The monoisotopic (exact) mass is 388 g/mol. The van der Waals surface area contributed by atoms with Gasteiger partial charge in [-0.05, 0) is 31.0 Å². The Kier molecular flexibility index (Phi) is 5.22. The second kappa shape index (κ2) is 6.74. The van der Waals surface area contributed by atoms with E-state index in [0.717, 1.165) is 12.1 Å². The van der Waals surface area contributed by atoms with Crippen LogP contribution in [0.3, 0.4) is 0 Å². The minimum atomic E-state index is -5.17. The lowest BCUT2D eigenvalue weighted by Crippen LogP contribution is -2.48. The molecule has 1 fully saturated rings. The summed E-state index contributed by atoms with van der Waals surface area (Å²) in [6.45, 7) is -0.302. The van der Waals surface area contributed by atoms with Gasteiger partial charge in [-0.2, -0.15) is 26.3 Å². The maximum absolute atomic E-state index is 13.0. The third-order valence-electron chi connectivity index (χ3n) is 3.60. The van der Waals surface area contributed by atoms with Crippen LogP contribution in [0.4, 0.5) is 32.0 Å². The summed E-state index contributed by atoms with van der Waals surface area (Å²) in [6, 6.07) is 1.09. The summed E-state index contributed by atoms with van der Waals surface area (Å²) in [5, 5.41) is 1.72. The minimum Gasteiger partial charge on any atom is -0.324 e. The predicted octanol–water partition coefficient (Wildman–Crippen LogP) is 3.85. The Morgan fingerprint density at radius 2 is 1.80 bits per heavy atom. The van der Waals surface area contributed by atoms with E-state index < -0.39 is 41.5 Å². The molecule has 138 valence electrons. The van der Waals surface area contributed by atoms with Gasteiger partial charge in [0, 0.05) is 11.6 Å². The van der Waals surface area contributed by atoms with E-state index in [1.54, 1.807) is 0 Å². The smallest absolute Gasteiger partial charge is 0.324 e. The van der Waals surface area contributed by atoms with Crippen molar-refractivity contribution in [2.24, 2.45) is 0 Å². The van der Waals surface area contributed by atoms with E-state index in [1.807, 2.05) is 5.32 Å². The third kappa shape index (κ3) is 4.36. The van der Waals surface area contributed by atoms with E-state index in [-0.39, 0.29) is 24.4 Å². The number of rotatable bonds is 2. The molecular formula is C14H11ClF6N2O2. The van der Waals surface area contributed by atoms with Gasteiger partial charge in [-0.25, -0.2) is 0 Å². The van der Waals surface area contributed by atoms with Crippen molar-refractivity contribution in [3.63, 3.8) is 0 Å². The summed E-state index contributed by atoms with van der Waals surface area (Å²) in [5.41, 5.74) is -1.88. The van der Waals surface area contributed by atoms with Crippen molar-refractivity contribution in [2.45, 2.75) is 31.2 Å². The van der Waals surface area contributed by atoms with Crippen LogP contribution in [0.25, 0.3) is 0 Å². The van der Waals surface area contributed by atoms with Crippen molar-refractivity contribution >= 4 is 29.1 Å². The molecule has 0 saturated carbocycles. The highest BCUT2D eigenvalue weighted by molar-refractivity contribution is 6.30. The Morgan fingerprint density at radius 3 is 2.36 bits per heavy atom. The lowest BCUT2D eigenvalue weighted by Gasteiger charge is -2.25. The van der Waals surface area contributed by atoms with Crippen LogP contribution in [-0.4, -0.2) is 35.5 Å². The van der Waals surface area contributed by atoms with Gasteiger partial charge >= 0.3 is 18.3 Å². The number of halogens is 7. The number of anilines is 1. The van der Waals surface area contributed by atoms with Crippen LogP contribution >= 0.6 is 11.6 Å². The molecule has 1 saturated heterocycles. The summed E-state index contributed by atoms with van der Waals surface area (Å²) >= 11 is 5.51. The lowest BCUT2D eigenvalue weighted by molar-refractivity contribution is -0.186. The number of carbonyl (C=O) groups excluding carboxylic acids is 2. The van der Waals surface area contributed by atoms with Crippen LogP contribution in [-0.2, 0) is 15.8 Å². The number of nitrogens with one attached hydrogen (secondary N) is 1. The van der Waals surface area contributed by atoms with Gasteiger partial charge in [0.05, 0.1) is 11.3 Å². The standard InChI is InChI=1S/C14H11ClF6N2O2/c15-7-3-4-9(8(6-7)13(16,17)18)22-11(24)10-2-1-5-23(10)12(25)14(19,20)21/h3-4,6,10H,1-2,5H2,(H,22,24). The highest BCUT2D eigenvalue weighted by Crippen LogP contribution is 2.37. The zero-order valence-electron chi connectivity index (χ0n) is 12.3. The molecule has 2 rings (SSSR count). The van der Waals surface area contributed by atoms with Crippen LogP contribution in [0.1, 0.15) is 18.4 Å². The van der Waals surface area contributed by atoms with Crippen LogP contribution < -0.4 is 5.32 Å². The highest BCUT2D eigenvalue weighted by atomic mass is 35.5. The number of nitrogens with zero attached hydrogens (tertiary/aromatic N) is 1. The maximum Gasteiger partial charge on any atom is 0.471 e. The van der Waals surface area contributed by atoms with E-state index in [1.165, 1.54) is 0 Å². The van der Waals surface area contributed by atoms with Gasteiger partial charge in [-0.1, -0.05) is 11.6 Å².